The lowest BCUT2D eigenvalue weighted by molar-refractivity contribution is 0.104. The van der Waals surface area contributed by atoms with Crippen molar-refractivity contribution in [2.45, 2.75) is 13.2 Å². The lowest BCUT2D eigenvalue weighted by Gasteiger charge is -2.14. The Hall–Kier alpha value is -4.71. The molecule has 0 atom stereocenters. The predicted molar refractivity (Wildman–Crippen MR) is 133 cm³/mol. The molecule has 0 bridgehead atoms. The van der Waals surface area contributed by atoms with Gasteiger partial charge in [0.1, 0.15) is 36.0 Å². The maximum Gasteiger partial charge on any atom is 0.193 e. The van der Waals surface area contributed by atoms with E-state index in [1.165, 1.54) is 6.08 Å². The van der Waals surface area contributed by atoms with Crippen molar-refractivity contribution in [1.29, 1.82) is 0 Å². The van der Waals surface area contributed by atoms with Crippen molar-refractivity contribution >= 4 is 11.9 Å². The first-order valence-electron chi connectivity index (χ1n) is 10.9. The normalized spacial score (nSPS) is 10.9. The maximum absolute atomic E-state index is 12.5. The molecule has 0 amide bonds. The zero-order chi connectivity index (χ0) is 24.6. The highest BCUT2D eigenvalue weighted by atomic mass is 16.5. The molecular weight excluding hydrogens is 444 g/mol. The first kappa shape index (κ1) is 23.4. The largest absolute Gasteiger partial charge is 0.508 e. The maximum atomic E-state index is 12.5. The number of hydrogen-bond acceptors (Lipinski definition) is 6. The van der Waals surface area contributed by atoms with Crippen LogP contribution in [0, 0.1) is 0 Å². The highest BCUT2D eigenvalue weighted by molar-refractivity contribution is 6.10. The van der Waals surface area contributed by atoms with Crippen LogP contribution in [0.4, 0.5) is 0 Å². The van der Waals surface area contributed by atoms with E-state index in [9.17, 15) is 20.1 Å². The number of hydrogen-bond donors (Lipinski definition) is 3. The molecule has 0 saturated carbocycles. The van der Waals surface area contributed by atoms with Crippen LogP contribution in [0.2, 0.25) is 0 Å². The molecule has 0 spiro atoms. The summed E-state index contributed by atoms with van der Waals surface area (Å²) < 4.78 is 12.0. The highest BCUT2D eigenvalue weighted by Crippen LogP contribution is 2.33. The molecule has 0 heterocycles. The molecule has 176 valence electrons. The van der Waals surface area contributed by atoms with E-state index in [-0.39, 0.29) is 11.3 Å². The van der Waals surface area contributed by atoms with Crippen LogP contribution in [0.25, 0.3) is 6.08 Å². The third-order valence-electron chi connectivity index (χ3n) is 5.20. The van der Waals surface area contributed by atoms with E-state index in [1.54, 1.807) is 24.3 Å². The summed E-state index contributed by atoms with van der Waals surface area (Å²) in [7, 11) is 0. The fraction of sp³-hybridized carbons (Fsp3) is 0.0690. The highest BCUT2D eigenvalue weighted by Gasteiger charge is 2.16. The van der Waals surface area contributed by atoms with Gasteiger partial charge in [0.05, 0.1) is 0 Å². The van der Waals surface area contributed by atoms with Gasteiger partial charge in [-0.3, -0.25) is 4.79 Å². The Kier molecular flexibility index (Phi) is 7.33. The number of rotatable bonds is 9. The van der Waals surface area contributed by atoms with Crippen molar-refractivity contribution in [3.63, 3.8) is 0 Å². The number of allylic oxidation sites excluding steroid dienone is 1. The molecule has 4 rings (SSSR count). The van der Waals surface area contributed by atoms with Crippen LogP contribution in [0.5, 0.6) is 28.7 Å². The third kappa shape index (κ3) is 6.21. The lowest BCUT2D eigenvalue weighted by Crippen LogP contribution is -2.01. The summed E-state index contributed by atoms with van der Waals surface area (Å²) >= 11 is 0. The van der Waals surface area contributed by atoms with Gasteiger partial charge in [-0.25, -0.2) is 0 Å². The van der Waals surface area contributed by atoms with Gasteiger partial charge >= 0.3 is 0 Å². The van der Waals surface area contributed by atoms with Crippen LogP contribution in [-0.2, 0) is 13.2 Å². The number of ether oxygens (including phenoxy) is 2. The number of aromatic hydroxyl groups is 3. The molecule has 0 aliphatic rings. The molecule has 6 nitrogen and oxygen atoms in total. The molecule has 0 saturated heterocycles. The molecule has 0 aliphatic carbocycles. The van der Waals surface area contributed by atoms with E-state index in [0.717, 1.165) is 23.3 Å². The van der Waals surface area contributed by atoms with Crippen LogP contribution in [-0.4, -0.2) is 21.1 Å². The second-order valence-corrected chi connectivity index (χ2v) is 7.81. The molecule has 6 heteroatoms. The quantitative estimate of drug-likeness (QED) is 0.210. The predicted octanol–water partition coefficient (Wildman–Crippen LogP) is 5.86. The summed E-state index contributed by atoms with van der Waals surface area (Å²) in [4.78, 5) is 12.5. The van der Waals surface area contributed by atoms with E-state index < -0.39 is 17.3 Å². The molecular formula is C29H24O6. The van der Waals surface area contributed by atoms with Crippen molar-refractivity contribution in [3.8, 4) is 28.7 Å². The molecule has 0 fully saturated rings. The van der Waals surface area contributed by atoms with E-state index in [0.29, 0.717) is 30.3 Å². The molecule has 0 unspecified atom stereocenters. The average Bonchev–Trinajstić information content (AvgIpc) is 2.86. The fourth-order valence-electron chi connectivity index (χ4n) is 3.44. The molecule has 0 aromatic heterocycles. The van der Waals surface area contributed by atoms with Crippen LogP contribution < -0.4 is 9.47 Å². The minimum Gasteiger partial charge on any atom is -0.508 e. The second kappa shape index (κ2) is 10.9. The van der Waals surface area contributed by atoms with Gasteiger partial charge in [-0.2, -0.15) is 0 Å². The Balaban J connectivity index is 1.55. The SMILES string of the molecule is O=C(/C=C/c1ccc(OCc2ccccc2)c(OCc2ccccc2)c1)c1c(O)cc(O)cc1O. The van der Waals surface area contributed by atoms with E-state index in [4.69, 9.17) is 9.47 Å². The van der Waals surface area contributed by atoms with Gasteiger partial charge in [-0.05, 0) is 34.9 Å². The Bertz CT molecular complexity index is 1310. The third-order valence-corrected chi connectivity index (χ3v) is 5.20. The van der Waals surface area contributed by atoms with Crippen molar-refractivity contribution < 1.29 is 29.6 Å². The van der Waals surface area contributed by atoms with Crippen LogP contribution >= 0.6 is 0 Å². The number of carbonyl (C=O) groups excluding carboxylic acids is 1. The van der Waals surface area contributed by atoms with E-state index >= 15 is 0 Å². The van der Waals surface area contributed by atoms with Crippen molar-refractivity contribution in [3.05, 3.63) is 119 Å². The van der Waals surface area contributed by atoms with Crippen LogP contribution in [0.1, 0.15) is 27.0 Å². The standard InChI is InChI=1S/C29H24O6/c30-23-16-25(32)29(26(33)17-23)24(31)13-11-20-12-14-27(34-18-21-7-3-1-4-8-21)28(15-20)35-19-22-9-5-2-6-10-22/h1-17,30,32-33H,18-19H2/b13-11+. The van der Waals surface area contributed by atoms with Crippen LogP contribution in [0.15, 0.2) is 97.1 Å². The average molecular weight is 469 g/mol. The Morgan fingerprint density at radius 1 is 0.686 bits per heavy atom. The second-order valence-electron chi connectivity index (χ2n) is 7.81. The Labute approximate surface area is 203 Å². The minimum atomic E-state index is -0.615. The summed E-state index contributed by atoms with van der Waals surface area (Å²) in [6, 6.07) is 26.8. The Morgan fingerprint density at radius 3 is 1.80 bits per heavy atom. The molecule has 4 aromatic carbocycles. The van der Waals surface area contributed by atoms with Gasteiger partial charge in [-0.15, -0.1) is 0 Å². The van der Waals surface area contributed by atoms with Crippen LogP contribution in [0.3, 0.4) is 0 Å². The zero-order valence-corrected chi connectivity index (χ0v) is 18.8. The number of phenolic OH excluding ortho intramolecular Hbond substituents is 3. The molecule has 3 N–H and O–H groups in total. The summed E-state index contributed by atoms with van der Waals surface area (Å²) in [5, 5.41) is 29.3. The molecule has 0 radical (unpaired) electrons. The van der Waals surface area contributed by atoms with Gasteiger partial charge in [0, 0.05) is 12.1 Å². The van der Waals surface area contributed by atoms with Gasteiger partial charge in [0.15, 0.2) is 17.3 Å². The summed E-state index contributed by atoms with van der Waals surface area (Å²) in [5.74, 6) is -0.901. The number of carbonyl (C=O) groups is 1. The smallest absolute Gasteiger partial charge is 0.193 e. The monoisotopic (exact) mass is 468 g/mol. The van der Waals surface area contributed by atoms with Crippen molar-refractivity contribution in [1.82, 2.24) is 0 Å². The van der Waals surface area contributed by atoms with E-state index in [1.807, 2.05) is 60.7 Å². The first-order chi connectivity index (χ1) is 17.0. The van der Waals surface area contributed by atoms with Crippen molar-refractivity contribution in [2.75, 3.05) is 0 Å². The number of phenols is 3. The van der Waals surface area contributed by atoms with Crippen molar-refractivity contribution in [2.24, 2.45) is 0 Å². The van der Waals surface area contributed by atoms with Gasteiger partial charge in [0.2, 0.25) is 0 Å². The molecule has 0 aliphatic heterocycles. The Morgan fingerprint density at radius 2 is 1.23 bits per heavy atom. The first-order valence-corrected chi connectivity index (χ1v) is 10.9. The molecule has 4 aromatic rings. The number of benzene rings is 4. The summed E-state index contributed by atoms with van der Waals surface area (Å²) in [6.07, 6.45) is 2.77. The topological polar surface area (TPSA) is 96.2 Å². The van der Waals surface area contributed by atoms with Gasteiger partial charge in [0.25, 0.3) is 0 Å². The van der Waals surface area contributed by atoms with Gasteiger partial charge < -0.3 is 24.8 Å². The summed E-state index contributed by atoms with van der Waals surface area (Å²) in [6.45, 7) is 0.708. The van der Waals surface area contributed by atoms with E-state index in [2.05, 4.69) is 0 Å². The summed E-state index contributed by atoms with van der Waals surface area (Å²) in [5.41, 5.74) is 2.38. The lowest BCUT2D eigenvalue weighted by atomic mass is 10.1. The zero-order valence-electron chi connectivity index (χ0n) is 18.8. The van der Waals surface area contributed by atoms with Gasteiger partial charge in [-0.1, -0.05) is 72.8 Å². The molecule has 35 heavy (non-hydrogen) atoms. The fourth-order valence-corrected chi connectivity index (χ4v) is 3.44. The minimum absolute atomic E-state index is 0.289. The number of ketones is 1.